The van der Waals surface area contributed by atoms with Crippen LogP contribution in [0.5, 0.6) is 0 Å². The first-order chi connectivity index (χ1) is 10.9. The van der Waals surface area contributed by atoms with Crippen molar-refractivity contribution in [2.75, 3.05) is 52.1 Å². The third-order valence-electron chi connectivity index (χ3n) is 3.77. The zero-order valence-corrected chi connectivity index (χ0v) is 16.8. The Kier molecular flexibility index (Phi) is 10.6. The molecule has 0 spiro atoms. The zero-order valence-electron chi connectivity index (χ0n) is 14.4. The molecule has 0 atom stereocenters. The average Bonchev–Trinajstić information content (AvgIpc) is 2.73. The molecule has 0 bridgehead atoms. The predicted molar refractivity (Wildman–Crippen MR) is 104 cm³/mol. The molecule has 1 heterocycles. The maximum atomic E-state index is 12.8. The first-order valence-corrected chi connectivity index (χ1v) is 9.10. The van der Waals surface area contributed by atoms with E-state index >= 15 is 0 Å². The number of sulfonamides is 1. The lowest BCUT2D eigenvalue weighted by molar-refractivity contribution is -0.115. The molecule has 1 aliphatic heterocycles. The third-order valence-corrected chi connectivity index (χ3v) is 5.67. The molecular formula is C15H26Cl2N4O3S. The van der Waals surface area contributed by atoms with Gasteiger partial charge in [-0.3, -0.25) is 4.79 Å². The van der Waals surface area contributed by atoms with Crippen LogP contribution in [0.1, 0.15) is 6.42 Å². The minimum atomic E-state index is -3.54. The number of nitrogens with one attached hydrogen (secondary N) is 2. The molecule has 1 amide bonds. The van der Waals surface area contributed by atoms with E-state index in [0.717, 1.165) is 19.5 Å². The van der Waals surface area contributed by atoms with Crippen LogP contribution in [0.2, 0.25) is 0 Å². The van der Waals surface area contributed by atoms with E-state index in [9.17, 15) is 13.2 Å². The van der Waals surface area contributed by atoms with Crippen molar-refractivity contribution in [3.63, 3.8) is 0 Å². The second-order valence-electron chi connectivity index (χ2n) is 5.67. The molecule has 1 saturated heterocycles. The Morgan fingerprint density at radius 2 is 1.88 bits per heavy atom. The van der Waals surface area contributed by atoms with Crippen LogP contribution in [0, 0.1) is 0 Å². The monoisotopic (exact) mass is 412 g/mol. The summed E-state index contributed by atoms with van der Waals surface area (Å²) in [5.74, 6) is -0.210. The summed E-state index contributed by atoms with van der Waals surface area (Å²) in [7, 11) is 0.132. The Balaban J connectivity index is 0.00000288. The maximum absolute atomic E-state index is 12.8. The van der Waals surface area contributed by atoms with E-state index in [-0.39, 0.29) is 42.2 Å². The number of hydrogen-bond acceptors (Lipinski definition) is 5. The number of anilines is 1. The summed E-state index contributed by atoms with van der Waals surface area (Å²) in [5, 5.41) is 5.44. The molecule has 1 aromatic rings. The van der Waals surface area contributed by atoms with Gasteiger partial charge < -0.3 is 15.5 Å². The maximum Gasteiger partial charge on any atom is 0.243 e. The van der Waals surface area contributed by atoms with Gasteiger partial charge in [0.1, 0.15) is 0 Å². The van der Waals surface area contributed by atoms with Gasteiger partial charge in [-0.05, 0) is 45.3 Å². The summed E-state index contributed by atoms with van der Waals surface area (Å²) in [5.41, 5.74) is 0.485. The fourth-order valence-electron chi connectivity index (χ4n) is 2.51. The SMILES string of the molecule is CNCC(=O)Nc1cccc(S(=O)(=O)N2CCCN(C)CC2)c1.Cl.Cl. The van der Waals surface area contributed by atoms with Gasteiger partial charge in [-0.15, -0.1) is 24.8 Å². The van der Waals surface area contributed by atoms with Crippen molar-refractivity contribution in [3.05, 3.63) is 24.3 Å². The number of hydrogen-bond donors (Lipinski definition) is 2. The van der Waals surface area contributed by atoms with Gasteiger partial charge in [-0.1, -0.05) is 6.07 Å². The van der Waals surface area contributed by atoms with Crippen LogP contribution in [-0.2, 0) is 14.8 Å². The molecule has 2 N–H and O–H groups in total. The van der Waals surface area contributed by atoms with Gasteiger partial charge in [0.05, 0.1) is 11.4 Å². The number of carbonyl (C=O) groups excluding carboxylic acids is 1. The van der Waals surface area contributed by atoms with Gasteiger partial charge in [0.25, 0.3) is 0 Å². The minimum absolute atomic E-state index is 0. The number of rotatable bonds is 5. The molecule has 0 aromatic heterocycles. The van der Waals surface area contributed by atoms with Crippen molar-refractivity contribution in [3.8, 4) is 0 Å². The summed E-state index contributed by atoms with van der Waals surface area (Å²) in [4.78, 5) is 14.0. The second kappa shape index (κ2) is 10.9. The van der Waals surface area contributed by atoms with E-state index < -0.39 is 10.0 Å². The fraction of sp³-hybridized carbons (Fsp3) is 0.533. The molecule has 10 heteroatoms. The van der Waals surface area contributed by atoms with Crippen LogP contribution in [0.3, 0.4) is 0 Å². The molecule has 144 valence electrons. The summed E-state index contributed by atoms with van der Waals surface area (Å²) >= 11 is 0. The smallest absolute Gasteiger partial charge is 0.243 e. The summed E-state index contributed by atoms with van der Waals surface area (Å²) in [6.45, 7) is 2.79. The molecule has 7 nitrogen and oxygen atoms in total. The van der Waals surface area contributed by atoms with E-state index in [1.54, 1.807) is 25.2 Å². The van der Waals surface area contributed by atoms with E-state index in [1.165, 1.54) is 10.4 Å². The topological polar surface area (TPSA) is 81.8 Å². The van der Waals surface area contributed by atoms with Crippen molar-refractivity contribution in [2.45, 2.75) is 11.3 Å². The van der Waals surface area contributed by atoms with Crippen LogP contribution < -0.4 is 10.6 Å². The van der Waals surface area contributed by atoms with Crippen LogP contribution in [0.15, 0.2) is 29.2 Å². The lowest BCUT2D eigenvalue weighted by Crippen LogP contribution is -2.34. The van der Waals surface area contributed by atoms with Crippen molar-refractivity contribution in [1.82, 2.24) is 14.5 Å². The first-order valence-electron chi connectivity index (χ1n) is 7.66. The standard InChI is InChI=1S/C15H24N4O3S.2ClH/c1-16-12-15(20)17-13-5-3-6-14(11-13)23(21,22)19-8-4-7-18(2)9-10-19;;/h3,5-6,11,16H,4,7-10,12H2,1-2H3,(H,17,20);2*1H. The Hall–Kier alpha value is -0.900. The van der Waals surface area contributed by atoms with Crippen LogP contribution >= 0.6 is 24.8 Å². The Labute approximate surface area is 162 Å². The molecule has 0 unspecified atom stereocenters. The highest BCUT2D eigenvalue weighted by atomic mass is 35.5. The summed E-state index contributed by atoms with van der Waals surface area (Å²) in [6.07, 6.45) is 0.814. The lowest BCUT2D eigenvalue weighted by Gasteiger charge is -2.20. The second-order valence-corrected chi connectivity index (χ2v) is 7.61. The van der Waals surface area contributed by atoms with E-state index in [1.807, 2.05) is 7.05 Å². The molecule has 25 heavy (non-hydrogen) atoms. The molecule has 2 rings (SSSR count). The van der Waals surface area contributed by atoms with E-state index in [4.69, 9.17) is 0 Å². The lowest BCUT2D eigenvalue weighted by atomic mass is 10.3. The van der Waals surface area contributed by atoms with E-state index in [2.05, 4.69) is 15.5 Å². The van der Waals surface area contributed by atoms with Gasteiger partial charge in [0.2, 0.25) is 15.9 Å². The van der Waals surface area contributed by atoms with E-state index in [0.29, 0.717) is 18.8 Å². The van der Waals surface area contributed by atoms with Crippen LogP contribution in [0.4, 0.5) is 5.69 Å². The number of carbonyl (C=O) groups is 1. The normalized spacial score (nSPS) is 16.2. The number of likely N-dealkylation sites (N-methyl/N-ethyl adjacent to an activating group) is 2. The molecule has 0 radical (unpaired) electrons. The Morgan fingerprint density at radius 3 is 2.56 bits per heavy atom. The number of benzene rings is 1. The predicted octanol–water partition coefficient (Wildman–Crippen LogP) is 1.01. The Bertz CT molecular complexity index is 658. The van der Waals surface area contributed by atoms with Crippen LogP contribution in [0.25, 0.3) is 0 Å². The van der Waals surface area contributed by atoms with Crippen molar-refractivity contribution in [2.24, 2.45) is 0 Å². The van der Waals surface area contributed by atoms with Crippen LogP contribution in [-0.4, -0.2) is 70.3 Å². The highest BCUT2D eigenvalue weighted by molar-refractivity contribution is 7.89. The molecule has 0 aliphatic carbocycles. The highest BCUT2D eigenvalue weighted by Gasteiger charge is 2.26. The molecule has 1 fully saturated rings. The van der Waals surface area contributed by atoms with Crippen molar-refractivity contribution in [1.29, 1.82) is 0 Å². The van der Waals surface area contributed by atoms with Gasteiger partial charge in [0.15, 0.2) is 0 Å². The summed E-state index contributed by atoms with van der Waals surface area (Å²) in [6, 6.07) is 6.41. The van der Waals surface area contributed by atoms with Crippen molar-refractivity contribution >= 4 is 46.4 Å². The number of nitrogens with zero attached hydrogens (tertiary/aromatic N) is 2. The van der Waals surface area contributed by atoms with Crippen molar-refractivity contribution < 1.29 is 13.2 Å². The molecule has 0 saturated carbocycles. The summed E-state index contributed by atoms with van der Waals surface area (Å²) < 4.78 is 27.1. The first kappa shape index (κ1) is 24.1. The molecular weight excluding hydrogens is 387 g/mol. The van der Waals surface area contributed by atoms with Gasteiger partial charge >= 0.3 is 0 Å². The minimum Gasteiger partial charge on any atom is -0.325 e. The van der Waals surface area contributed by atoms with Gasteiger partial charge in [0, 0.05) is 25.3 Å². The van der Waals surface area contributed by atoms with Gasteiger partial charge in [-0.2, -0.15) is 4.31 Å². The fourth-order valence-corrected chi connectivity index (χ4v) is 4.03. The average molecular weight is 413 g/mol. The zero-order chi connectivity index (χ0) is 16.9. The molecule has 1 aliphatic rings. The quantitative estimate of drug-likeness (QED) is 0.753. The molecule has 1 aromatic carbocycles. The number of halogens is 2. The largest absolute Gasteiger partial charge is 0.325 e. The highest BCUT2D eigenvalue weighted by Crippen LogP contribution is 2.20. The number of amides is 1. The Morgan fingerprint density at radius 1 is 1.16 bits per heavy atom. The third kappa shape index (κ3) is 6.73. The van der Waals surface area contributed by atoms with Gasteiger partial charge in [-0.25, -0.2) is 8.42 Å².